The van der Waals surface area contributed by atoms with Crippen LogP contribution in [-0.2, 0) is 16.8 Å². The molecule has 2 aliphatic rings. The minimum atomic E-state index is -3.30. The molecule has 2 saturated heterocycles. The predicted octanol–water partition coefficient (Wildman–Crippen LogP) is 1.05. The second-order valence-electron chi connectivity index (χ2n) is 6.38. The van der Waals surface area contributed by atoms with Crippen molar-refractivity contribution in [3.05, 3.63) is 42.2 Å². The average molecular weight is 363 g/mol. The molecule has 0 unspecified atom stereocenters. The third-order valence-corrected chi connectivity index (χ3v) is 6.58. The molecule has 134 valence electrons. The number of rotatable bonds is 6. The normalized spacial score (nSPS) is 19.8. The standard InChI is InChI=1S/C16H21N5O3S/c22-25(23,19-8-4-5-9-19)20-11-15(12-20)21-10-14(17-18-21)13-24-16-6-2-1-3-7-16/h1-3,6-7,10,15H,4-5,8-9,11-13H2. The van der Waals surface area contributed by atoms with Crippen LogP contribution in [0.4, 0.5) is 0 Å². The Hall–Kier alpha value is -1.97. The van der Waals surface area contributed by atoms with Gasteiger partial charge in [0, 0.05) is 26.2 Å². The summed E-state index contributed by atoms with van der Waals surface area (Å²) in [7, 11) is -3.30. The van der Waals surface area contributed by atoms with Crippen LogP contribution in [0.25, 0.3) is 0 Å². The molecule has 1 aromatic heterocycles. The van der Waals surface area contributed by atoms with E-state index in [0.717, 1.165) is 24.3 Å². The van der Waals surface area contributed by atoms with Gasteiger partial charge in [0.25, 0.3) is 10.2 Å². The molecular formula is C16H21N5O3S. The summed E-state index contributed by atoms with van der Waals surface area (Å²) in [6.45, 7) is 2.50. The fourth-order valence-corrected chi connectivity index (χ4v) is 4.85. The van der Waals surface area contributed by atoms with Gasteiger partial charge >= 0.3 is 0 Å². The zero-order valence-electron chi connectivity index (χ0n) is 13.9. The van der Waals surface area contributed by atoms with E-state index in [-0.39, 0.29) is 6.04 Å². The van der Waals surface area contributed by atoms with E-state index in [0.29, 0.717) is 32.8 Å². The smallest absolute Gasteiger partial charge is 0.282 e. The summed E-state index contributed by atoms with van der Waals surface area (Å²) in [6, 6.07) is 9.57. The Bertz CT molecular complexity index is 811. The highest BCUT2D eigenvalue weighted by molar-refractivity contribution is 7.86. The van der Waals surface area contributed by atoms with Crippen molar-refractivity contribution in [1.82, 2.24) is 23.6 Å². The van der Waals surface area contributed by atoms with Gasteiger partial charge in [-0.15, -0.1) is 5.10 Å². The van der Waals surface area contributed by atoms with Crippen LogP contribution >= 0.6 is 0 Å². The van der Waals surface area contributed by atoms with E-state index < -0.39 is 10.2 Å². The summed E-state index contributed by atoms with van der Waals surface area (Å²) in [6.07, 6.45) is 3.72. The number of para-hydroxylation sites is 1. The van der Waals surface area contributed by atoms with Crippen LogP contribution in [0, 0.1) is 0 Å². The molecule has 4 rings (SSSR count). The molecule has 3 heterocycles. The lowest BCUT2D eigenvalue weighted by atomic mass is 10.2. The van der Waals surface area contributed by atoms with Gasteiger partial charge in [-0.1, -0.05) is 23.4 Å². The van der Waals surface area contributed by atoms with E-state index in [1.54, 1.807) is 8.99 Å². The molecule has 25 heavy (non-hydrogen) atoms. The molecule has 0 radical (unpaired) electrons. The number of nitrogens with zero attached hydrogens (tertiary/aromatic N) is 5. The van der Waals surface area contributed by atoms with Gasteiger partial charge in [-0.3, -0.25) is 0 Å². The Morgan fingerprint density at radius 3 is 2.52 bits per heavy atom. The van der Waals surface area contributed by atoms with Crippen LogP contribution in [-0.4, -0.2) is 58.2 Å². The summed E-state index contributed by atoms with van der Waals surface area (Å²) in [4.78, 5) is 0. The van der Waals surface area contributed by atoms with E-state index in [1.165, 1.54) is 4.31 Å². The third-order valence-electron chi connectivity index (χ3n) is 4.61. The highest BCUT2D eigenvalue weighted by atomic mass is 32.2. The summed E-state index contributed by atoms with van der Waals surface area (Å²) in [5.74, 6) is 0.781. The Morgan fingerprint density at radius 1 is 1.08 bits per heavy atom. The SMILES string of the molecule is O=S(=O)(N1CCCC1)N1CC(n2cc(COc3ccccc3)nn2)C1. The maximum Gasteiger partial charge on any atom is 0.282 e. The van der Waals surface area contributed by atoms with Gasteiger partial charge in [-0.25, -0.2) is 4.68 Å². The van der Waals surface area contributed by atoms with Gasteiger partial charge in [0.05, 0.1) is 12.2 Å². The quantitative estimate of drug-likeness (QED) is 0.766. The number of benzene rings is 1. The highest BCUT2D eigenvalue weighted by Gasteiger charge is 2.41. The first kappa shape index (κ1) is 16.5. The van der Waals surface area contributed by atoms with Crippen molar-refractivity contribution in [3.63, 3.8) is 0 Å². The molecule has 2 aromatic rings. The summed E-state index contributed by atoms with van der Waals surface area (Å²) in [5, 5.41) is 8.22. The first-order valence-electron chi connectivity index (χ1n) is 8.47. The van der Waals surface area contributed by atoms with Crippen molar-refractivity contribution in [3.8, 4) is 5.75 Å². The molecule has 0 bridgehead atoms. The maximum absolute atomic E-state index is 12.4. The first-order chi connectivity index (χ1) is 12.1. The molecule has 8 nitrogen and oxygen atoms in total. The highest BCUT2D eigenvalue weighted by Crippen LogP contribution is 2.27. The summed E-state index contributed by atoms with van der Waals surface area (Å²) in [5.41, 5.74) is 0.727. The lowest BCUT2D eigenvalue weighted by molar-refractivity contribution is 0.178. The molecule has 0 amide bonds. The lowest BCUT2D eigenvalue weighted by Crippen LogP contribution is -2.55. The number of ether oxygens (including phenoxy) is 1. The van der Waals surface area contributed by atoms with Crippen LogP contribution in [0.15, 0.2) is 36.5 Å². The van der Waals surface area contributed by atoms with Crippen LogP contribution in [0.2, 0.25) is 0 Å². The van der Waals surface area contributed by atoms with Crippen molar-refractivity contribution >= 4 is 10.2 Å². The minimum absolute atomic E-state index is 0.0374. The van der Waals surface area contributed by atoms with E-state index in [1.807, 2.05) is 36.5 Å². The first-order valence-corrected chi connectivity index (χ1v) is 9.86. The fraction of sp³-hybridized carbons (Fsp3) is 0.500. The fourth-order valence-electron chi connectivity index (χ4n) is 3.09. The molecule has 0 aliphatic carbocycles. The van der Waals surface area contributed by atoms with Crippen LogP contribution in [0.1, 0.15) is 24.6 Å². The van der Waals surface area contributed by atoms with E-state index in [4.69, 9.17) is 4.74 Å². The topological polar surface area (TPSA) is 80.6 Å². The maximum atomic E-state index is 12.4. The van der Waals surface area contributed by atoms with Gasteiger partial charge in [0.1, 0.15) is 18.1 Å². The monoisotopic (exact) mass is 363 g/mol. The zero-order valence-corrected chi connectivity index (χ0v) is 14.7. The van der Waals surface area contributed by atoms with Crippen molar-refractivity contribution < 1.29 is 13.2 Å². The predicted molar refractivity (Wildman–Crippen MR) is 91.1 cm³/mol. The van der Waals surface area contributed by atoms with E-state index in [9.17, 15) is 8.42 Å². The second-order valence-corrected chi connectivity index (χ2v) is 8.30. The zero-order chi connectivity index (χ0) is 17.3. The van der Waals surface area contributed by atoms with Gasteiger partial charge in [-0.2, -0.15) is 17.0 Å². The van der Waals surface area contributed by atoms with Crippen LogP contribution in [0.5, 0.6) is 5.75 Å². The summed E-state index contributed by atoms with van der Waals surface area (Å²) < 4.78 is 35.4. The second kappa shape index (κ2) is 6.74. The molecule has 0 atom stereocenters. The molecule has 0 N–H and O–H groups in total. The lowest BCUT2D eigenvalue weighted by Gasteiger charge is -2.39. The Morgan fingerprint density at radius 2 is 1.80 bits per heavy atom. The van der Waals surface area contributed by atoms with Gasteiger partial charge < -0.3 is 4.74 Å². The summed E-state index contributed by atoms with van der Waals surface area (Å²) >= 11 is 0. The largest absolute Gasteiger partial charge is 0.487 e. The van der Waals surface area contributed by atoms with Crippen LogP contribution < -0.4 is 4.74 Å². The third kappa shape index (κ3) is 3.39. The van der Waals surface area contributed by atoms with Crippen molar-refractivity contribution in [2.75, 3.05) is 26.2 Å². The molecule has 2 aliphatic heterocycles. The molecule has 2 fully saturated rings. The average Bonchev–Trinajstić information content (AvgIpc) is 3.25. The number of hydrogen-bond donors (Lipinski definition) is 0. The molecule has 0 saturated carbocycles. The molecule has 0 spiro atoms. The molecule has 1 aromatic carbocycles. The number of hydrogen-bond acceptors (Lipinski definition) is 5. The van der Waals surface area contributed by atoms with Crippen molar-refractivity contribution in [2.24, 2.45) is 0 Å². The van der Waals surface area contributed by atoms with E-state index >= 15 is 0 Å². The Kier molecular flexibility index (Phi) is 4.45. The minimum Gasteiger partial charge on any atom is -0.487 e. The molecular weight excluding hydrogens is 342 g/mol. The van der Waals surface area contributed by atoms with Gasteiger partial charge in [-0.05, 0) is 25.0 Å². The van der Waals surface area contributed by atoms with Crippen molar-refractivity contribution in [2.45, 2.75) is 25.5 Å². The van der Waals surface area contributed by atoms with Crippen molar-refractivity contribution in [1.29, 1.82) is 0 Å². The van der Waals surface area contributed by atoms with Gasteiger partial charge in [0.15, 0.2) is 0 Å². The Labute approximate surface area is 147 Å². The number of aromatic nitrogens is 3. The van der Waals surface area contributed by atoms with E-state index in [2.05, 4.69) is 10.3 Å². The molecule has 9 heteroatoms. The van der Waals surface area contributed by atoms with Crippen LogP contribution in [0.3, 0.4) is 0 Å². The van der Waals surface area contributed by atoms with Gasteiger partial charge in [0.2, 0.25) is 0 Å². The Balaban J connectivity index is 1.32.